The Morgan fingerprint density at radius 1 is 1.43 bits per heavy atom. The molecule has 14 heavy (non-hydrogen) atoms. The van der Waals surface area contributed by atoms with Crippen LogP contribution in [0.1, 0.15) is 50.4 Å². The molecule has 2 heteroatoms. The smallest absolute Gasteiger partial charge is 0.0338 e. The summed E-state index contributed by atoms with van der Waals surface area (Å²) in [5, 5.41) is 0. The van der Waals surface area contributed by atoms with E-state index in [1.54, 1.807) is 0 Å². The molecular weight excluding hydrogens is 172 g/mol. The van der Waals surface area contributed by atoms with Crippen LogP contribution in [-0.4, -0.2) is 4.57 Å². The van der Waals surface area contributed by atoms with Gasteiger partial charge in [0.05, 0.1) is 0 Å². The molecule has 2 atom stereocenters. The summed E-state index contributed by atoms with van der Waals surface area (Å²) in [5.41, 5.74) is 9.02. The molecule has 1 aromatic heterocycles. The van der Waals surface area contributed by atoms with E-state index >= 15 is 0 Å². The van der Waals surface area contributed by atoms with Gasteiger partial charge in [0.15, 0.2) is 0 Å². The monoisotopic (exact) mass is 192 g/mol. The summed E-state index contributed by atoms with van der Waals surface area (Å²) in [6.07, 6.45) is 6.94. The highest BCUT2D eigenvalue weighted by atomic mass is 15.0. The molecule has 0 spiro atoms. The number of nitrogens with zero attached hydrogens (tertiary/aromatic N) is 1. The van der Waals surface area contributed by atoms with Gasteiger partial charge in [-0.3, -0.25) is 0 Å². The Kier molecular flexibility index (Phi) is 2.40. The van der Waals surface area contributed by atoms with E-state index in [1.807, 2.05) is 0 Å². The Balaban J connectivity index is 2.36. The molecule has 2 rings (SSSR count). The summed E-state index contributed by atoms with van der Waals surface area (Å²) in [7, 11) is 0. The minimum Gasteiger partial charge on any atom is -0.351 e. The van der Waals surface area contributed by atoms with Gasteiger partial charge < -0.3 is 10.3 Å². The van der Waals surface area contributed by atoms with Gasteiger partial charge in [-0.15, -0.1) is 0 Å². The van der Waals surface area contributed by atoms with Crippen molar-refractivity contribution in [3.63, 3.8) is 0 Å². The molecule has 1 aromatic rings. The summed E-state index contributed by atoms with van der Waals surface area (Å²) in [4.78, 5) is 0. The number of aryl methyl sites for hydroxylation is 1. The second-order valence-corrected chi connectivity index (χ2v) is 4.82. The van der Waals surface area contributed by atoms with Gasteiger partial charge in [0.25, 0.3) is 0 Å². The highest BCUT2D eigenvalue weighted by Gasteiger charge is 2.24. The fourth-order valence-electron chi connectivity index (χ4n) is 2.21. The topological polar surface area (TPSA) is 30.9 Å². The van der Waals surface area contributed by atoms with Crippen LogP contribution < -0.4 is 5.73 Å². The maximum absolute atomic E-state index is 6.19. The van der Waals surface area contributed by atoms with Crippen molar-refractivity contribution in [1.82, 2.24) is 4.57 Å². The quantitative estimate of drug-likeness (QED) is 0.728. The largest absolute Gasteiger partial charge is 0.351 e. The minimum atomic E-state index is 0.249. The first-order valence-electron chi connectivity index (χ1n) is 5.55. The summed E-state index contributed by atoms with van der Waals surface area (Å²) in [6.45, 7) is 6.67. The second kappa shape index (κ2) is 3.43. The van der Waals surface area contributed by atoms with Gasteiger partial charge in [-0.25, -0.2) is 0 Å². The maximum Gasteiger partial charge on any atom is 0.0338 e. The first-order chi connectivity index (χ1) is 6.59. The second-order valence-electron chi connectivity index (χ2n) is 4.82. The average molecular weight is 192 g/mol. The van der Waals surface area contributed by atoms with Gasteiger partial charge in [-0.2, -0.15) is 0 Å². The number of aromatic nitrogens is 1. The highest BCUT2D eigenvalue weighted by Crippen LogP contribution is 2.33. The number of nitrogens with two attached hydrogens (primary N) is 1. The molecule has 1 aliphatic carbocycles. The van der Waals surface area contributed by atoms with Gasteiger partial charge in [-0.1, -0.05) is 6.92 Å². The number of fused-ring (bicyclic) bond motifs is 1. The lowest BCUT2D eigenvalue weighted by Crippen LogP contribution is -2.24. The van der Waals surface area contributed by atoms with Gasteiger partial charge in [-0.05, 0) is 43.7 Å². The molecule has 0 aliphatic heterocycles. The van der Waals surface area contributed by atoms with Gasteiger partial charge in [0.1, 0.15) is 0 Å². The molecule has 1 heterocycles. The van der Waals surface area contributed by atoms with Crippen LogP contribution in [0, 0.1) is 5.92 Å². The van der Waals surface area contributed by atoms with E-state index in [9.17, 15) is 0 Å². The van der Waals surface area contributed by atoms with Crippen molar-refractivity contribution in [2.24, 2.45) is 11.7 Å². The third kappa shape index (κ3) is 1.48. The normalized spacial score (nSPS) is 26.6. The molecular formula is C12H20N2. The molecule has 0 saturated heterocycles. The van der Waals surface area contributed by atoms with Crippen molar-refractivity contribution in [3.05, 3.63) is 23.5 Å². The van der Waals surface area contributed by atoms with Crippen molar-refractivity contribution in [1.29, 1.82) is 0 Å². The standard InChI is InChI=1S/C12H20N2/c1-8(2)14-6-10-5-4-9(3)12(13)11(10)7-14/h6-9,12H,4-5,13H2,1-3H3. The van der Waals surface area contributed by atoms with Crippen LogP contribution in [0.4, 0.5) is 0 Å². The van der Waals surface area contributed by atoms with Crippen molar-refractivity contribution < 1.29 is 0 Å². The van der Waals surface area contributed by atoms with Crippen LogP contribution in [0.15, 0.2) is 12.4 Å². The fraction of sp³-hybridized carbons (Fsp3) is 0.667. The Labute approximate surface area is 86.1 Å². The third-order valence-electron chi connectivity index (χ3n) is 3.40. The molecule has 0 amide bonds. The third-order valence-corrected chi connectivity index (χ3v) is 3.40. The Hall–Kier alpha value is -0.760. The summed E-state index contributed by atoms with van der Waals surface area (Å²) >= 11 is 0. The van der Waals surface area contributed by atoms with Crippen LogP contribution in [0.3, 0.4) is 0 Å². The van der Waals surface area contributed by atoms with Crippen molar-refractivity contribution in [2.75, 3.05) is 0 Å². The first kappa shape index (κ1) is 9.78. The number of hydrogen-bond donors (Lipinski definition) is 1. The maximum atomic E-state index is 6.19. The zero-order valence-corrected chi connectivity index (χ0v) is 9.33. The molecule has 2 unspecified atom stereocenters. The Bertz CT molecular complexity index is 325. The molecule has 0 radical (unpaired) electrons. The van der Waals surface area contributed by atoms with E-state index in [1.165, 1.54) is 24.0 Å². The van der Waals surface area contributed by atoms with Gasteiger partial charge in [0, 0.05) is 24.5 Å². The minimum absolute atomic E-state index is 0.249. The van der Waals surface area contributed by atoms with E-state index in [2.05, 4.69) is 37.7 Å². The van der Waals surface area contributed by atoms with Gasteiger partial charge >= 0.3 is 0 Å². The molecule has 2 N–H and O–H groups in total. The van der Waals surface area contributed by atoms with Crippen LogP contribution in [-0.2, 0) is 6.42 Å². The predicted octanol–water partition coefficient (Wildman–Crippen LogP) is 2.65. The lowest BCUT2D eigenvalue weighted by atomic mass is 9.84. The predicted molar refractivity (Wildman–Crippen MR) is 59.2 cm³/mol. The van der Waals surface area contributed by atoms with Gasteiger partial charge in [0.2, 0.25) is 0 Å². The lowest BCUT2D eigenvalue weighted by Gasteiger charge is -2.25. The molecule has 2 nitrogen and oxygen atoms in total. The molecule has 0 bridgehead atoms. The zero-order valence-electron chi connectivity index (χ0n) is 9.33. The van der Waals surface area contributed by atoms with E-state index in [0.717, 1.165) is 0 Å². The molecule has 0 fully saturated rings. The fourth-order valence-corrected chi connectivity index (χ4v) is 2.21. The average Bonchev–Trinajstić information content (AvgIpc) is 2.56. The summed E-state index contributed by atoms with van der Waals surface area (Å²) in [5.74, 6) is 0.630. The zero-order chi connectivity index (χ0) is 10.3. The SMILES string of the molecule is CC1CCc2cn(C(C)C)cc2C1N. The van der Waals surface area contributed by atoms with Crippen molar-refractivity contribution in [3.8, 4) is 0 Å². The lowest BCUT2D eigenvalue weighted by molar-refractivity contribution is 0.413. The van der Waals surface area contributed by atoms with Crippen molar-refractivity contribution >= 4 is 0 Å². The molecule has 78 valence electrons. The van der Waals surface area contributed by atoms with Crippen LogP contribution in [0.25, 0.3) is 0 Å². The molecule has 1 aliphatic rings. The van der Waals surface area contributed by atoms with Crippen molar-refractivity contribution in [2.45, 2.75) is 45.7 Å². The Morgan fingerprint density at radius 3 is 2.79 bits per heavy atom. The number of rotatable bonds is 1. The van der Waals surface area contributed by atoms with E-state index in [0.29, 0.717) is 12.0 Å². The number of hydrogen-bond acceptors (Lipinski definition) is 1. The van der Waals surface area contributed by atoms with Crippen LogP contribution in [0.2, 0.25) is 0 Å². The van der Waals surface area contributed by atoms with Crippen LogP contribution in [0.5, 0.6) is 0 Å². The highest BCUT2D eigenvalue weighted by molar-refractivity contribution is 5.31. The van der Waals surface area contributed by atoms with Crippen LogP contribution >= 0.6 is 0 Å². The Morgan fingerprint density at radius 2 is 2.14 bits per heavy atom. The summed E-state index contributed by atoms with van der Waals surface area (Å²) in [6, 6.07) is 0.793. The van der Waals surface area contributed by atoms with E-state index in [-0.39, 0.29) is 6.04 Å². The molecule has 0 saturated carbocycles. The summed E-state index contributed by atoms with van der Waals surface area (Å²) < 4.78 is 2.28. The molecule has 0 aromatic carbocycles. The van der Waals surface area contributed by atoms with E-state index < -0.39 is 0 Å². The van der Waals surface area contributed by atoms with E-state index in [4.69, 9.17) is 5.73 Å². The first-order valence-corrected chi connectivity index (χ1v) is 5.55.